The van der Waals surface area contributed by atoms with Gasteiger partial charge in [0.25, 0.3) is 0 Å². The molecule has 0 spiro atoms. The number of aryl methyl sites for hydroxylation is 1. The molecule has 0 fully saturated rings. The van der Waals surface area contributed by atoms with Crippen LogP contribution < -0.4 is 0 Å². The topological polar surface area (TPSA) is 0 Å². The molecule has 0 heterocycles. The number of unbranched alkanes of at least 4 members (excludes halogenated alkanes) is 3. The zero-order valence-electron chi connectivity index (χ0n) is 15.1. The van der Waals surface area contributed by atoms with Gasteiger partial charge in [0.1, 0.15) is 0 Å². The predicted molar refractivity (Wildman–Crippen MR) is 102 cm³/mol. The predicted octanol–water partition coefficient (Wildman–Crippen LogP) is 6.91. The van der Waals surface area contributed by atoms with Gasteiger partial charge in [0.2, 0.25) is 0 Å². The standard InChI is InChI=1S/C23H32/c1-4-6-7-8-11-20-12-9-13-21(16-20)17-22-14-10-15-23(18-22)19(3)5-2/h9-10,12-16,18-19H,4-8,11,17H2,1-3H3. The van der Waals surface area contributed by atoms with E-state index in [0.717, 1.165) is 6.42 Å². The van der Waals surface area contributed by atoms with E-state index in [1.807, 2.05) is 0 Å². The molecule has 23 heavy (non-hydrogen) atoms. The first-order valence-corrected chi connectivity index (χ1v) is 9.39. The Morgan fingerprint density at radius 2 is 1.48 bits per heavy atom. The largest absolute Gasteiger partial charge is 0.0654 e. The Labute approximate surface area is 143 Å². The monoisotopic (exact) mass is 308 g/mol. The molecule has 1 unspecified atom stereocenters. The van der Waals surface area contributed by atoms with Crippen LogP contribution in [0.1, 0.15) is 81.0 Å². The van der Waals surface area contributed by atoms with Gasteiger partial charge in [-0.1, -0.05) is 88.6 Å². The highest BCUT2D eigenvalue weighted by atomic mass is 14.1. The summed E-state index contributed by atoms with van der Waals surface area (Å²) in [5.41, 5.74) is 5.85. The van der Waals surface area contributed by atoms with Crippen LogP contribution in [-0.4, -0.2) is 0 Å². The maximum absolute atomic E-state index is 2.40. The van der Waals surface area contributed by atoms with Crippen molar-refractivity contribution in [1.82, 2.24) is 0 Å². The zero-order chi connectivity index (χ0) is 16.5. The SMILES string of the molecule is CCCCCCc1cccc(Cc2cccc(C(C)CC)c2)c1. The summed E-state index contributed by atoms with van der Waals surface area (Å²) in [5.74, 6) is 0.653. The third-order valence-electron chi connectivity index (χ3n) is 4.85. The molecule has 0 heteroatoms. The Morgan fingerprint density at radius 1 is 0.783 bits per heavy atom. The molecule has 0 N–H and O–H groups in total. The van der Waals surface area contributed by atoms with E-state index >= 15 is 0 Å². The average Bonchev–Trinajstić information content (AvgIpc) is 2.58. The molecule has 0 aliphatic heterocycles. The van der Waals surface area contributed by atoms with E-state index in [2.05, 4.69) is 69.3 Å². The van der Waals surface area contributed by atoms with Gasteiger partial charge in [0, 0.05) is 0 Å². The third-order valence-corrected chi connectivity index (χ3v) is 4.85. The summed E-state index contributed by atoms with van der Waals surface area (Å²) in [6.07, 6.45) is 8.83. The summed E-state index contributed by atoms with van der Waals surface area (Å²) in [5, 5.41) is 0. The molecular formula is C23H32. The Kier molecular flexibility index (Phi) is 7.39. The van der Waals surface area contributed by atoms with E-state index in [1.165, 1.54) is 60.8 Å². The second kappa shape index (κ2) is 9.55. The molecular weight excluding hydrogens is 276 g/mol. The molecule has 1 atom stereocenters. The van der Waals surface area contributed by atoms with Crippen molar-refractivity contribution >= 4 is 0 Å². The Bertz CT molecular complexity index is 582. The summed E-state index contributed by atoms with van der Waals surface area (Å²) < 4.78 is 0. The van der Waals surface area contributed by atoms with Crippen molar-refractivity contribution in [2.24, 2.45) is 0 Å². The number of hydrogen-bond donors (Lipinski definition) is 0. The van der Waals surface area contributed by atoms with Gasteiger partial charge in [-0.3, -0.25) is 0 Å². The van der Waals surface area contributed by atoms with E-state index < -0.39 is 0 Å². The number of benzene rings is 2. The average molecular weight is 309 g/mol. The highest BCUT2D eigenvalue weighted by molar-refractivity contribution is 5.32. The van der Waals surface area contributed by atoms with Gasteiger partial charge in [-0.25, -0.2) is 0 Å². The summed E-state index contributed by atoms with van der Waals surface area (Å²) in [4.78, 5) is 0. The van der Waals surface area contributed by atoms with Crippen molar-refractivity contribution in [3.05, 3.63) is 70.8 Å². The Morgan fingerprint density at radius 3 is 2.22 bits per heavy atom. The lowest BCUT2D eigenvalue weighted by Crippen LogP contribution is -1.95. The van der Waals surface area contributed by atoms with Crippen molar-refractivity contribution in [3.8, 4) is 0 Å². The van der Waals surface area contributed by atoms with Gasteiger partial charge >= 0.3 is 0 Å². The first-order chi connectivity index (χ1) is 11.2. The third kappa shape index (κ3) is 5.86. The van der Waals surface area contributed by atoms with Crippen molar-refractivity contribution in [1.29, 1.82) is 0 Å². The summed E-state index contributed by atoms with van der Waals surface area (Å²) in [6, 6.07) is 18.3. The smallest absolute Gasteiger partial charge is 0.00256 e. The lowest BCUT2D eigenvalue weighted by molar-refractivity contribution is 0.666. The quantitative estimate of drug-likeness (QED) is 0.441. The maximum atomic E-state index is 2.40. The van der Waals surface area contributed by atoms with Gasteiger partial charge in [0.15, 0.2) is 0 Å². The van der Waals surface area contributed by atoms with Crippen molar-refractivity contribution in [2.45, 2.75) is 71.6 Å². The zero-order valence-corrected chi connectivity index (χ0v) is 15.1. The molecule has 0 radical (unpaired) electrons. The molecule has 0 aliphatic rings. The van der Waals surface area contributed by atoms with E-state index in [9.17, 15) is 0 Å². The summed E-state index contributed by atoms with van der Waals surface area (Å²) in [7, 11) is 0. The summed E-state index contributed by atoms with van der Waals surface area (Å²) >= 11 is 0. The minimum Gasteiger partial charge on any atom is -0.0654 e. The second-order valence-electron chi connectivity index (χ2n) is 6.86. The normalized spacial score (nSPS) is 12.3. The Balaban J connectivity index is 2.00. The molecule has 2 aromatic carbocycles. The van der Waals surface area contributed by atoms with Crippen LogP contribution in [0.3, 0.4) is 0 Å². The van der Waals surface area contributed by atoms with E-state index in [0.29, 0.717) is 5.92 Å². The number of hydrogen-bond acceptors (Lipinski definition) is 0. The molecule has 124 valence electrons. The second-order valence-corrected chi connectivity index (χ2v) is 6.86. The molecule has 0 amide bonds. The van der Waals surface area contributed by atoms with Gasteiger partial charge in [0.05, 0.1) is 0 Å². The fraction of sp³-hybridized carbons (Fsp3) is 0.478. The molecule has 2 rings (SSSR count). The van der Waals surface area contributed by atoms with Crippen LogP contribution in [0.25, 0.3) is 0 Å². The first-order valence-electron chi connectivity index (χ1n) is 9.39. The molecule has 0 bridgehead atoms. The van der Waals surface area contributed by atoms with Crippen LogP contribution in [0.15, 0.2) is 48.5 Å². The maximum Gasteiger partial charge on any atom is -0.00256 e. The molecule has 2 aromatic rings. The fourth-order valence-corrected chi connectivity index (χ4v) is 3.13. The van der Waals surface area contributed by atoms with E-state index in [4.69, 9.17) is 0 Å². The minimum absolute atomic E-state index is 0.653. The highest BCUT2D eigenvalue weighted by Crippen LogP contribution is 2.21. The molecule has 0 aliphatic carbocycles. The lowest BCUT2D eigenvalue weighted by atomic mass is 9.94. The van der Waals surface area contributed by atoms with Crippen molar-refractivity contribution < 1.29 is 0 Å². The van der Waals surface area contributed by atoms with Gasteiger partial charge in [-0.05, 0) is 53.9 Å². The lowest BCUT2D eigenvalue weighted by Gasteiger charge is -2.11. The van der Waals surface area contributed by atoms with Crippen LogP contribution in [0.4, 0.5) is 0 Å². The molecule has 0 saturated heterocycles. The van der Waals surface area contributed by atoms with Gasteiger partial charge in [-0.2, -0.15) is 0 Å². The first kappa shape index (κ1) is 17.8. The van der Waals surface area contributed by atoms with Crippen molar-refractivity contribution in [3.63, 3.8) is 0 Å². The van der Waals surface area contributed by atoms with Crippen molar-refractivity contribution in [2.75, 3.05) is 0 Å². The van der Waals surface area contributed by atoms with Crippen LogP contribution >= 0.6 is 0 Å². The minimum atomic E-state index is 0.653. The van der Waals surface area contributed by atoms with Gasteiger partial charge in [-0.15, -0.1) is 0 Å². The van der Waals surface area contributed by atoms with E-state index in [-0.39, 0.29) is 0 Å². The summed E-state index contributed by atoms with van der Waals surface area (Å²) in [6.45, 7) is 6.85. The Hall–Kier alpha value is -1.56. The van der Waals surface area contributed by atoms with Gasteiger partial charge < -0.3 is 0 Å². The van der Waals surface area contributed by atoms with Crippen LogP contribution in [-0.2, 0) is 12.8 Å². The van der Waals surface area contributed by atoms with Crippen LogP contribution in [0, 0.1) is 0 Å². The molecule has 0 nitrogen and oxygen atoms in total. The molecule has 0 saturated carbocycles. The molecule has 0 aromatic heterocycles. The van der Waals surface area contributed by atoms with Crippen LogP contribution in [0.5, 0.6) is 0 Å². The number of rotatable bonds is 9. The van der Waals surface area contributed by atoms with E-state index in [1.54, 1.807) is 0 Å². The fourth-order valence-electron chi connectivity index (χ4n) is 3.13. The van der Waals surface area contributed by atoms with Crippen LogP contribution in [0.2, 0.25) is 0 Å². The highest BCUT2D eigenvalue weighted by Gasteiger charge is 2.04.